The van der Waals surface area contributed by atoms with Gasteiger partial charge in [0, 0.05) is 19.0 Å². The number of hydrogen-bond donors (Lipinski definition) is 0. The van der Waals surface area contributed by atoms with E-state index in [4.69, 9.17) is 4.99 Å². The summed E-state index contributed by atoms with van der Waals surface area (Å²) in [5.41, 5.74) is 5.78. The number of nitrogens with zero attached hydrogens (tertiary/aromatic N) is 4. The second-order valence-electron chi connectivity index (χ2n) is 9.41. The lowest BCUT2D eigenvalue weighted by atomic mass is 9.89. The molecule has 0 atom stereocenters. The monoisotopic (exact) mass is 472 g/mol. The summed E-state index contributed by atoms with van der Waals surface area (Å²) in [6.07, 6.45) is 6.49. The van der Waals surface area contributed by atoms with E-state index >= 15 is 0 Å². The zero-order valence-electron chi connectivity index (χ0n) is 20.2. The van der Waals surface area contributed by atoms with Gasteiger partial charge in [0.25, 0.3) is 5.56 Å². The van der Waals surface area contributed by atoms with E-state index in [2.05, 4.69) is 41.1 Å². The van der Waals surface area contributed by atoms with Gasteiger partial charge in [-0.3, -0.25) is 9.48 Å². The third kappa shape index (κ3) is 4.34. The molecule has 2 aromatic carbocycles. The smallest absolute Gasteiger partial charge is 0.297 e. The van der Waals surface area contributed by atoms with Crippen molar-refractivity contribution in [3.8, 4) is 16.9 Å². The Morgan fingerprint density at radius 2 is 1.68 bits per heavy atom. The number of aryl methyl sites for hydroxylation is 1. The zero-order chi connectivity index (χ0) is 23.7. The standard InChI is InChI=1S/C28H32N4OS/c1-20-14-16-23(17-15-20)25-19-34-28(31(25)18-22-10-6-4-7-11-22)29-26-21(2)30(3)32(27(26)33)24-12-8-5-9-13-24/h5,8-9,12-17,19,22H,4,6-7,10-11,18H2,1-3H3. The molecule has 0 saturated heterocycles. The van der Waals surface area contributed by atoms with E-state index in [1.807, 2.05) is 49.0 Å². The Morgan fingerprint density at radius 3 is 2.38 bits per heavy atom. The zero-order valence-corrected chi connectivity index (χ0v) is 21.0. The normalized spacial score (nSPS) is 15.2. The van der Waals surface area contributed by atoms with Crippen molar-refractivity contribution in [3.63, 3.8) is 0 Å². The Hall–Kier alpha value is -3.12. The summed E-state index contributed by atoms with van der Waals surface area (Å²) in [6, 6.07) is 18.5. The maximum atomic E-state index is 13.5. The molecule has 6 heteroatoms. The van der Waals surface area contributed by atoms with Gasteiger partial charge < -0.3 is 4.57 Å². The van der Waals surface area contributed by atoms with Gasteiger partial charge in [-0.15, -0.1) is 11.3 Å². The Balaban J connectivity index is 1.64. The molecule has 2 heterocycles. The van der Waals surface area contributed by atoms with Crippen LogP contribution in [0.4, 0.5) is 5.69 Å². The van der Waals surface area contributed by atoms with Crippen molar-refractivity contribution in [1.29, 1.82) is 0 Å². The van der Waals surface area contributed by atoms with Crippen LogP contribution >= 0.6 is 11.3 Å². The van der Waals surface area contributed by atoms with E-state index in [0.717, 1.165) is 22.7 Å². The van der Waals surface area contributed by atoms with Crippen molar-refractivity contribution < 1.29 is 0 Å². The van der Waals surface area contributed by atoms with Gasteiger partial charge in [0.2, 0.25) is 0 Å². The second kappa shape index (κ2) is 9.63. The van der Waals surface area contributed by atoms with Crippen molar-refractivity contribution in [2.45, 2.75) is 52.5 Å². The first-order chi connectivity index (χ1) is 16.5. The number of thiazole rings is 1. The topological polar surface area (TPSA) is 44.2 Å². The molecule has 0 bridgehead atoms. The molecule has 34 heavy (non-hydrogen) atoms. The van der Waals surface area contributed by atoms with E-state index in [9.17, 15) is 4.79 Å². The van der Waals surface area contributed by atoms with E-state index < -0.39 is 0 Å². The van der Waals surface area contributed by atoms with Crippen LogP contribution in [0.5, 0.6) is 0 Å². The quantitative estimate of drug-likeness (QED) is 0.344. The average Bonchev–Trinajstić information content (AvgIpc) is 3.34. The van der Waals surface area contributed by atoms with E-state index in [1.165, 1.54) is 48.9 Å². The number of aromatic nitrogens is 3. The number of benzene rings is 2. The lowest BCUT2D eigenvalue weighted by molar-refractivity contribution is 0.318. The predicted molar refractivity (Wildman–Crippen MR) is 140 cm³/mol. The Kier molecular flexibility index (Phi) is 6.42. The summed E-state index contributed by atoms with van der Waals surface area (Å²) in [6.45, 7) is 5.04. The highest BCUT2D eigenvalue weighted by molar-refractivity contribution is 7.07. The van der Waals surface area contributed by atoms with Crippen LogP contribution in [0.2, 0.25) is 0 Å². The summed E-state index contributed by atoms with van der Waals surface area (Å²) in [5, 5.41) is 2.19. The van der Waals surface area contributed by atoms with E-state index in [-0.39, 0.29) is 5.56 Å². The molecule has 1 fully saturated rings. The SMILES string of the molecule is Cc1ccc(-c2csc(=Nc3c(C)n(C)n(-c4ccccc4)c3=O)n2CC2CCCCC2)cc1. The number of hydrogen-bond acceptors (Lipinski definition) is 3. The van der Waals surface area contributed by atoms with Crippen LogP contribution in [-0.2, 0) is 13.6 Å². The summed E-state index contributed by atoms with van der Waals surface area (Å²) in [4.78, 5) is 19.4. The van der Waals surface area contributed by atoms with Gasteiger partial charge in [-0.1, -0.05) is 67.3 Å². The molecular formula is C28H32N4OS. The average molecular weight is 473 g/mol. The Bertz CT molecular complexity index is 1400. The molecule has 0 aliphatic heterocycles. The molecule has 1 saturated carbocycles. The van der Waals surface area contributed by atoms with Crippen molar-refractivity contribution in [2.24, 2.45) is 18.0 Å². The van der Waals surface area contributed by atoms with Crippen molar-refractivity contribution in [2.75, 3.05) is 0 Å². The van der Waals surface area contributed by atoms with Gasteiger partial charge in [0.1, 0.15) is 0 Å². The third-order valence-corrected chi connectivity index (χ3v) is 7.91. The van der Waals surface area contributed by atoms with Gasteiger partial charge >= 0.3 is 0 Å². The minimum atomic E-state index is -0.0827. The molecular weight excluding hydrogens is 440 g/mol. The molecule has 176 valence electrons. The van der Waals surface area contributed by atoms with Crippen LogP contribution in [0.1, 0.15) is 43.4 Å². The van der Waals surface area contributed by atoms with Crippen LogP contribution in [-0.4, -0.2) is 13.9 Å². The summed E-state index contributed by atoms with van der Waals surface area (Å²) >= 11 is 1.63. The highest BCUT2D eigenvalue weighted by Crippen LogP contribution is 2.28. The van der Waals surface area contributed by atoms with Crippen molar-refractivity contribution in [3.05, 3.63) is 86.4 Å². The summed E-state index contributed by atoms with van der Waals surface area (Å²) in [7, 11) is 1.92. The Labute approximate surface area is 204 Å². The van der Waals surface area contributed by atoms with Gasteiger partial charge in [-0.05, 0) is 50.3 Å². The van der Waals surface area contributed by atoms with Gasteiger partial charge in [-0.2, -0.15) is 0 Å². The molecule has 1 aliphatic carbocycles. The summed E-state index contributed by atoms with van der Waals surface area (Å²) in [5.74, 6) is 0.657. The van der Waals surface area contributed by atoms with Gasteiger partial charge in [0.15, 0.2) is 10.5 Å². The minimum absolute atomic E-state index is 0.0827. The lowest BCUT2D eigenvalue weighted by Crippen LogP contribution is -2.23. The molecule has 0 radical (unpaired) electrons. The Morgan fingerprint density at radius 1 is 0.971 bits per heavy atom. The highest BCUT2D eigenvalue weighted by Gasteiger charge is 2.19. The van der Waals surface area contributed by atoms with Gasteiger partial charge in [0.05, 0.1) is 17.1 Å². The maximum Gasteiger partial charge on any atom is 0.297 e. The third-order valence-electron chi connectivity index (χ3n) is 7.04. The minimum Gasteiger partial charge on any atom is -0.316 e. The van der Waals surface area contributed by atoms with Crippen molar-refractivity contribution >= 4 is 17.0 Å². The van der Waals surface area contributed by atoms with Crippen LogP contribution < -0.4 is 10.4 Å². The fraction of sp³-hybridized carbons (Fsp3) is 0.357. The van der Waals surface area contributed by atoms with Crippen molar-refractivity contribution in [1.82, 2.24) is 13.9 Å². The lowest BCUT2D eigenvalue weighted by Gasteiger charge is -2.23. The fourth-order valence-electron chi connectivity index (χ4n) is 4.96. The number of para-hydroxylation sites is 1. The van der Waals surface area contributed by atoms with Crippen LogP contribution in [0.15, 0.2) is 69.8 Å². The molecule has 4 aromatic rings. The molecule has 0 spiro atoms. The molecule has 2 aromatic heterocycles. The largest absolute Gasteiger partial charge is 0.316 e. The van der Waals surface area contributed by atoms with E-state index in [0.29, 0.717) is 11.6 Å². The first-order valence-electron chi connectivity index (χ1n) is 12.2. The van der Waals surface area contributed by atoms with Crippen LogP contribution in [0, 0.1) is 19.8 Å². The first kappa shape index (κ1) is 22.7. The number of rotatable bonds is 5. The van der Waals surface area contributed by atoms with Gasteiger partial charge in [-0.25, -0.2) is 9.67 Å². The maximum absolute atomic E-state index is 13.5. The molecule has 5 rings (SSSR count). The molecule has 0 unspecified atom stereocenters. The fourth-order valence-corrected chi connectivity index (χ4v) is 5.88. The highest BCUT2D eigenvalue weighted by atomic mass is 32.1. The van der Waals surface area contributed by atoms with Crippen LogP contribution in [0.3, 0.4) is 0 Å². The molecule has 0 amide bonds. The summed E-state index contributed by atoms with van der Waals surface area (Å²) < 4.78 is 5.95. The van der Waals surface area contributed by atoms with E-state index in [1.54, 1.807) is 16.0 Å². The molecule has 0 N–H and O–H groups in total. The van der Waals surface area contributed by atoms with Crippen LogP contribution in [0.25, 0.3) is 16.9 Å². The molecule has 1 aliphatic rings. The molecule has 5 nitrogen and oxygen atoms in total. The first-order valence-corrected chi connectivity index (χ1v) is 13.0. The predicted octanol–water partition coefficient (Wildman–Crippen LogP) is 6.14. The second-order valence-corrected chi connectivity index (χ2v) is 10.2.